The van der Waals surface area contributed by atoms with Crippen LogP contribution in [0, 0.1) is 0 Å². The summed E-state index contributed by atoms with van der Waals surface area (Å²) in [5, 5.41) is 9.01. The molecule has 4 heteroatoms. The minimum atomic E-state index is -0.624. The standard InChI is InChI=1S/C10H11NO3/c1-14-9(10(11)13)6-7-2-4-8(12)5-3-7/h2-6,12H,1H3,(H2,11,13)/b9-6-. The van der Waals surface area contributed by atoms with E-state index in [2.05, 4.69) is 0 Å². The summed E-state index contributed by atoms with van der Waals surface area (Å²) in [6.45, 7) is 0. The van der Waals surface area contributed by atoms with Crippen molar-refractivity contribution in [3.63, 3.8) is 0 Å². The van der Waals surface area contributed by atoms with Gasteiger partial charge in [-0.15, -0.1) is 0 Å². The van der Waals surface area contributed by atoms with E-state index >= 15 is 0 Å². The van der Waals surface area contributed by atoms with E-state index in [1.807, 2.05) is 0 Å². The Morgan fingerprint density at radius 3 is 2.43 bits per heavy atom. The van der Waals surface area contributed by atoms with E-state index in [9.17, 15) is 4.79 Å². The number of carbonyl (C=O) groups is 1. The first-order valence-corrected chi connectivity index (χ1v) is 3.98. The number of hydrogen-bond donors (Lipinski definition) is 2. The number of benzene rings is 1. The Hall–Kier alpha value is -1.97. The average Bonchev–Trinajstić information content (AvgIpc) is 2.16. The summed E-state index contributed by atoms with van der Waals surface area (Å²) in [7, 11) is 1.37. The monoisotopic (exact) mass is 193 g/mol. The third-order valence-electron chi connectivity index (χ3n) is 1.65. The van der Waals surface area contributed by atoms with Gasteiger partial charge in [0.05, 0.1) is 7.11 Å². The molecular formula is C10H11NO3. The van der Waals surface area contributed by atoms with Crippen molar-refractivity contribution >= 4 is 12.0 Å². The molecule has 0 aromatic heterocycles. The fourth-order valence-electron chi connectivity index (χ4n) is 0.953. The summed E-state index contributed by atoms with van der Waals surface area (Å²) in [6.07, 6.45) is 1.50. The van der Waals surface area contributed by atoms with E-state index in [1.54, 1.807) is 12.1 Å². The van der Waals surface area contributed by atoms with Crippen LogP contribution in [0.15, 0.2) is 30.0 Å². The van der Waals surface area contributed by atoms with Crippen molar-refractivity contribution < 1.29 is 14.6 Å². The summed E-state index contributed by atoms with van der Waals surface area (Å²) in [4.78, 5) is 10.8. The van der Waals surface area contributed by atoms with Crippen molar-refractivity contribution in [1.29, 1.82) is 0 Å². The van der Waals surface area contributed by atoms with Crippen molar-refractivity contribution in [2.24, 2.45) is 5.73 Å². The van der Waals surface area contributed by atoms with Gasteiger partial charge in [0.25, 0.3) is 5.91 Å². The molecule has 1 amide bonds. The second kappa shape index (κ2) is 4.32. The molecule has 0 atom stereocenters. The Labute approximate surface area is 81.6 Å². The molecule has 0 saturated carbocycles. The van der Waals surface area contributed by atoms with Gasteiger partial charge in [-0.1, -0.05) is 12.1 Å². The maximum Gasteiger partial charge on any atom is 0.283 e. The van der Waals surface area contributed by atoms with E-state index in [4.69, 9.17) is 15.6 Å². The lowest BCUT2D eigenvalue weighted by Crippen LogP contribution is -2.14. The lowest BCUT2D eigenvalue weighted by atomic mass is 10.2. The van der Waals surface area contributed by atoms with E-state index in [-0.39, 0.29) is 11.5 Å². The summed E-state index contributed by atoms with van der Waals surface area (Å²) in [6, 6.07) is 6.33. The molecule has 0 fully saturated rings. The van der Waals surface area contributed by atoms with E-state index in [0.29, 0.717) is 0 Å². The van der Waals surface area contributed by atoms with Gasteiger partial charge in [0.15, 0.2) is 5.76 Å². The van der Waals surface area contributed by atoms with Crippen LogP contribution < -0.4 is 5.73 Å². The largest absolute Gasteiger partial charge is 0.508 e. The maximum atomic E-state index is 10.8. The van der Waals surface area contributed by atoms with Crippen LogP contribution in [0.4, 0.5) is 0 Å². The molecular weight excluding hydrogens is 182 g/mol. The number of ether oxygens (including phenoxy) is 1. The SMILES string of the molecule is CO/C(=C\c1ccc(O)cc1)C(N)=O. The predicted molar refractivity (Wildman–Crippen MR) is 52.3 cm³/mol. The lowest BCUT2D eigenvalue weighted by molar-refractivity contribution is -0.117. The van der Waals surface area contributed by atoms with Crippen LogP contribution in [0.1, 0.15) is 5.56 Å². The molecule has 0 aliphatic heterocycles. The molecule has 1 rings (SSSR count). The number of aromatic hydroxyl groups is 1. The number of amides is 1. The number of carbonyl (C=O) groups excluding carboxylic acids is 1. The highest BCUT2D eigenvalue weighted by Crippen LogP contribution is 2.12. The second-order valence-corrected chi connectivity index (χ2v) is 2.67. The Morgan fingerprint density at radius 2 is 2.00 bits per heavy atom. The van der Waals surface area contributed by atoms with Gasteiger partial charge in [0.1, 0.15) is 5.75 Å². The number of phenolic OH excluding ortho intramolecular Hbond substituents is 1. The minimum Gasteiger partial charge on any atom is -0.508 e. The van der Waals surface area contributed by atoms with Gasteiger partial charge in [-0.2, -0.15) is 0 Å². The molecule has 1 aromatic carbocycles. The third kappa shape index (κ3) is 2.52. The zero-order valence-electron chi connectivity index (χ0n) is 7.73. The van der Waals surface area contributed by atoms with Crippen molar-refractivity contribution in [1.82, 2.24) is 0 Å². The Balaban J connectivity index is 2.95. The van der Waals surface area contributed by atoms with E-state index in [1.165, 1.54) is 25.3 Å². The van der Waals surface area contributed by atoms with Crippen LogP contribution in [-0.4, -0.2) is 18.1 Å². The van der Waals surface area contributed by atoms with Gasteiger partial charge in [-0.05, 0) is 23.8 Å². The second-order valence-electron chi connectivity index (χ2n) is 2.67. The fourth-order valence-corrected chi connectivity index (χ4v) is 0.953. The number of methoxy groups -OCH3 is 1. The van der Waals surface area contributed by atoms with Gasteiger partial charge in [0.2, 0.25) is 0 Å². The topological polar surface area (TPSA) is 72.6 Å². The maximum absolute atomic E-state index is 10.8. The van der Waals surface area contributed by atoms with Crippen LogP contribution >= 0.6 is 0 Å². The van der Waals surface area contributed by atoms with Crippen LogP contribution in [0.2, 0.25) is 0 Å². The van der Waals surface area contributed by atoms with Crippen molar-refractivity contribution in [3.8, 4) is 5.75 Å². The first-order chi connectivity index (χ1) is 6.63. The van der Waals surface area contributed by atoms with E-state index < -0.39 is 5.91 Å². The summed E-state index contributed by atoms with van der Waals surface area (Å²) in [5.74, 6) is -0.378. The quantitative estimate of drug-likeness (QED) is 0.552. The van der Waals surface area contributed by atoms with Gasteiger partial charge in [0, 0.05) is 0 Å². The first-order valence-electron chi connectivity index (χ1n) is 3.98. The number of phenols is 1. The molecule has 14 heavy (non-hydrogen) atoms. The highest BCUT2D eigenvalue weighted by atomic mass is 16.5. The average molecular weight is 193 g/mol. The van der Waals surface area contributed by atoms with Crippen LogP contribution in [-0.2, 0) is 9.53 Å². The third-order valence-corrected chi connectivity index (χ3v) is 1.65. The lowest BCUT2D eigenvalue weighted by Gasteiger charge is -2.01. The highest BCUT2D eigenvalue weighted by Gasteiger charge is 2.03. The smallest absolute Gasteiger partial charge is 0.283 e. The molecule has 0 aliphatic carbocycles. The molecule has 74 valence electrons. The van der Waals surface area contributed by atoms with Crippen molar-refractivity contribution in [2.75, 3.05) is 7.11 Å². The Kier molecular flexibility index (Phi) is 3.12. The normalized spacial score (nSPS) is 11.1. The number of hydrogen-bond acceptors (Lipinski definition) is 3. The molecule has 0 unspecified atom stereocenters. The first kappa shape index (κ1) is 10.1. The van der Waals surface area contributed by atoms with E-state index in [0.717, 1.165) is 5.56 Å². The zero-order valence-corrected chi connectivity index (χ0v) is 7.73. The van der Waals surface area contributed by atoms with Gasteiger partial charge in [-0.25, -0.2) is 0 Å². The van der Waals surface area contributed by atoms with Crippen molar-refractivity contribution in [2.45, 2.75) is 0 Å². The number of nitrogens with two attached hydrogens (primary N) is 1. The molecule has 0 aliphatic rings. The molecule has 0 saturated heterocycles. The molecule has 4 nitrogen and oxygen atoms in total. The molecule has 0 spiro atoms. The van der Waals surface area contributed by atoms with Crippen LogP contribution in [0.3, 0.4) is 0 Å². The Bertz CT molecular complexity index is 354. The molecule has 0 radical (unpaired) electrons. The fraction of sp³-hybridized carbons (Fsp3) is 0.100. The number of rotatable bonds is 3. The molecule has 0 bridgehead atoms. The summed E-state index contributed by atoms with van der Waals surface area (Å²) >= 11 is 0. The van der Waals surface area contributed by atoms with Gasteiger partial charge in [-0.3, -0.25) is 4.79 Å². The summed E-state index contributed by atoms with van der Waals surface area (Å²) in [5.41, 5.74) is 5.78. The molecule has 1 aromatic rings. The van der Waals surface area contributed by atoms with Crippen molar-refractivity contribution in [3.05, 3.63) is 35.6 Å². The Morgan fingerprint density at radius 1 is 1.43 bits per heavy atom. The van der Waals surface area contributed by atoms with Gasteiger partial charge >= 0.3 is 0 Å². The minimum absolute atomic E-state index is 0.0793. The number of primary amides is 1. The van der Waals surface area contributed by atoms with Crippen LogP contribution in [0.5, 0.6) is 5.75 Å². The predicted octanol–water partition coefficient (Wildman–Crippen LogP) is 0.865. The van der Waals surface area contributed by atoms with Crippen LogP contribution in [0.25, 0.3) is 6.08 Å². The molecule has 3 N–H and O–H groups in total. The van der Waals surface area contributed by atoms with Gasteiger partial charge < -0.3 is 15.6 Å². The highest BCUT2D eigenvalue weighted by molar-refractivity contribution is 5.94. The summed E-state index contributed by atoms with van der Waals surface area (Å²) < 4.78 is 4.77. The molecule has 0 heterocycles. The zero-order chi connectivity index (χ0) is 10.6.